The van der Waals surface area contributed by atoms with E-state index in [2.05, 4.69) is 10.2 Å². The Bertz CT molecular complexity index is 326. The summed E-state index contributed by atoms with van der Waals surface area (Å²) in [6.45, 7) is 4.02. The van der Waals surface area contributed by atoms with Crippen LogP contribution in [0.25, 0.3) is 0 Å². The lowest BCUT2D eigenvalue weighted by molar-refractivity contribution is -0.149. The van der Waals surface area contributed by atoms with Crippen LogP contribution in [0.2, 0.25) is 0 Å². The van der Waals surface area contributed by atoms with Crippen LogP contribution in [-0.4, -0.2) is 67.8 Å². The third-order valence-corrected chi connectivity index (χ3v) is 5.20. The molecule has 0 bridgehead atoms. The maximum absolute atomic E-state index is 12.3. The fourth-order valence-corrected chi connectivity index (χ4v) is 4.16. The van der Waals surface area contributed by atoms with E-state index >= 15 is 0 Å². The second kappa shape index (κ2) is 5.81. The summed E-state index contributed by atoms with van der Waals surface area (Å²) >= 11 is 0. The third-order valence-electron chi connectivity index (χ3n) is 5.20. The first-order valence-electron chi connectivity index (χ1n) is 7.76. The molecule has 1 aliphatic carbocycles. The molecule has 1 N–H and O–H groups in total. The van der Waals surface area contributed by atoms with Crippen molar-refractivity contribution in [1.29, 1.82) is 0 Å². The van der Waals surface area contributed by atoms with E-state index < -0.39 is 12.7 Å². The van der Waals surface area contributed by atoms with Gasteiger partial charge in [0.05, 0.1) is 6.54 Å². The fourth-order valence-electron chi connectivity index (χ4n) is 4.16. The van der Waals surface area contributed by atoms with Gasteiger partial charge in [-0.3, -0.25) is 9.80 Å². The highest BCUT2D eigenvalue weighted by Gasteiger charge is 2.40. The SMILES string of the molecule is FC(F)(F)CN1CCN(CC2NCC3CCCC32)CC1. The average Bonchev–Trinajstić information content (AvgIpc) is 2.94. The summed E-state index contributed by atoms with van der Waals surface area (Å²) in [6.07, 6.45) is -0.0248. The van der Waals surface area contributed by atoms with Gasteiger partial charge in [-0.05, 0) is 31.2 Å². The van der Waals surface area contributed by atoms with E-state index in [-0.39, 0.29) is 0 Å². The molecular formula is C14H24F3N3. The molecule has 0 aromatic carbocycles. The van der Waals surface area contributed by atoms with Crippen LogP contribution in [0.1, 0.15) is 19.3 Å². The zero-order valence-corrected chi connectivity index (χ0v) is 11.8. The van der Waals surface area contributed by atoms with Crippen molar-refractivity contribution in [3.63, 3.8) is 0 Å². The van der Waals surface area contributed by atoms with Gasteiger partial charge in [0.15, 0.2) is 0 Å². The first-order chi connectivity index (χ1) is 9.51. The summed E-state index contributed by atoms with van der Waals surface area (Å²) in [5.41, 5.74) is 0. The number of fused-ring (bicyclic) bond motifs is 1. The second-order valence-electron chi connectivity index (χ2n) is 6.56. The minimum absolute atomic E-state index is 0.542. The van der Waals surface area contributed by atoms with Gasteiger partial charge < -0.3 is 5.32 Å². The zero-order valence-electron chi connectivity index (χ0n) is 11.8. The van der Waals surface area contributed by atoms with Gasteiger partial charge in [0.1, 0.15) is 0 Å². The van der Waals surface area contributed by atoms with Crippen LogP contribution in [0.15, 0.2) is 0 Å². The lowest BCUT2D eigenvalue weighted by Gasteiger charge is -2.37. The number of rotatable bonds is 3. The van der Waals surface area contributed by atoms with Crippen LogP contribution in [0.4, 0.5) is 13.2 Å². The summed E-state index contributed by atoms with van der Waals surface area (Å²) in [5, 5.41) is 3.62. The molecule has 116 valence electrons. The Hall–Kier alpha value is -0.330. The minimum Gasteiger partial charge on any atom is -0.312 e. The van der Waals surface area contributed by atoms with Crippen molar-refractivity contribution < 1.29 is 13.2 Å². The molecule has 3 fully saturated rings. The molecule has 3 rings (SSSR count). The Morgan fingerprint density at radius 3 is 2.40 bits per heavy atom. The Labute approximate surface area is 118 Å². The highest BCUT2D eigenvalue weighted by Crippen LogP contribution is 2.37. The summed E-state index contributed by atoms with van der Waals surface area (Å²) in [6, 6.07) is 0.566. The van der Waals surface area contributed by atoms with E-state index in [0.717, 1.165) is 38.0 Å². The van der Waals surface area contributed by atoms with E-state index in [1.54, 1.807) is 0 Å². The predicted molar refractivity (Wildman–Crippen MR) is 71.6 cm³/mol. The van der Waals surface area contributed by atoms with Crippen LogP contribution < -0.4 is 5.32 Å². The molecule has 0 radical (unpaired) electrons. The van der Waals surface area contributed by atoms with Crippen molar-refractivity contribution >= 4 is 0 Å². The number of alkyl halides is 3. The van der Waals surface area contributed by atoms with Gasteiger partial charge in [-0.25, -0.2) is 0 Å². The number of nitrogens with zero attached hydrogens (tertiary/aromatic N) is 2. The van der Waals surface area contributed by atoms with Crippen LogP contribution in [0, 0.1) is 11.8 Å². The molecule has 3 unspecified atom stereocenters. The molecule has 3 nitrogen and oxygen atoms in total. The largest absolute Gasteiger partial charge is 0.401 e. The molecule has 2 saturated heterocycles. The van der Waals surface area contributed by atoms with Crippen LogP contribution >= 0.6 is 0 Å². The molecule has 3 atom stereocenters. The van der Waals surface area contributed by atoms with Crippen molar-refractivity contribution in [2.75, 3.05) is 45.8 Å². The zero-order chi connectivity index (χ0) is 14.2. The highest BCUT2D eigenvalue weighted by atomic mass is 19.4. The third kappa shape index (κ3) is 3.46. The van der Waals surface area contributed by atoms with E-state index in [4.69, 9.17) is 0 Å². The van der Waals surface area contributed by atoms with Crippen LogP contribution in [0.5, 0.6) is 0 Å². The first kappa shape index (κ1) is 14.6. The average molecular weight is 291 g/mol. The summed E-state index contributed by atoms with van der Waals surface area (Å²) in [5.74, 6) is 1.66. The molecule has 2 heterocycles. The van der Waals surface area contributed by atoms with E-state index in [0.29, 0.717) is 19.1 Å². The van der Waals surface area contributed by atoms with E-state index in [9.17, 15) is 13.2 Å². The van der Waals surface area contributed by atoms with Gasteiger partial charge in [-0.15, -0.1) is 0 Å². The molecule has 0 aromatic heterocycles. The van der Waals surface area contributed by atoms with Gasteiger partial charge in [0.2, 0.25) is 0 Å². The van der Waals surface area contributed by atoms with Crippen LogP contribution in [-0.2, 0) is 0 Å². The van der Waals surface area contributed by atoms with E-state index in [1.165, 1.54) is 24.2 Å². The van der Waals surface area contributed by atoms with Crippen molar-refractivity contribution in [2.45, 2.75) is 31.5 Å². The normalized spacial score (nSPS) is 36.5. The highest BCUT2D eigenvalue weighted by molar-refractivity contribution is 4.95. The monoisotopic (exact) mass is 291 g/mol. The molecule has 1 saturated carbocycles. The van der Waals surface area contributed by atoms with Gasteiger partial charge >= 0.3 is 6.18 Å². The smallest absolute Gasteiger partial charge is 0.312 e. The quantitative estimate of drug-likeness (QED) is 0.851. The Morgan fingerprint density at radius 1 is 1.00 bits per heavy atom. The molecule has 0 amide bonds. The number of halogens is 3. The number of hydrogen-bond donors (Lipinski definition) is 1. The lowest BCUT2D eigenvalue weighted by atomic mass is 9.94. The molecule has 2 aliphatic heterocycles. The number of piperazine rings is 1. The van der Waals surface area contributed by atoms with Crippen molar-refractivity contribution in [3.8, 4) is 0 Å². The van der Waals surface area contributed by atoms with Crippen molar-refractivity contribution in [1.82, 2.24) is 15.1 Å². The molecule has 0 aromatic rings. The summed E-state index contributed by atoms with van der Waals surface area (Å²) in [7, 11) is 0. The Morgan fingerprint density at radius 2 is 1.70 bits per heavy atom. The van der Waals surface area contributed by atoms with Gasteiger partial charge in [-0.2, -0.15) is 13.2 Å². The fraction of sp³-hybridized carbons (Fsp3) is 1.00. The van der Waals surface area contributed by atoms with E-state index in [1.807, 2.05) is 0 Å². The number of hydrogen-bond acceptors (Lipinski definition) is 3. The molecule has 6 heteroatoms. The topological polar surface area (TPSA) is 18.5 Å². The second-order valence-corrected chi connectivity index (χ2v) is 6.56. The van der Waals surface area contributed by atoms with Gasteiger partial charge in [0, 0.05) is 38.8 Å². The Kier molecular flexibility index (Phi) is 4.24. The predicted octanol–water partition coefficient (Wildman–Crippen LogP) is 1.55. The maximum atomic E-state index is 12.3. The van der Waals surface area contributed by atoms with Gasteiger partial charge in [0.25, 0.3) is 0 Å². The maximum Gasteiger partial charge on any atom is 0.401 e. The first-order valence-corrected chi connectivity index (χ1v) is 7.76. The molecule has 0 spiro atoms. The minimum atomic E-state index is -4.06. The van der Waals surface area contributed by atoms with Crippen molar-refractivity contribution in [3.05, 3.63) is 0 Å². The molecule has 20 heavy (non-hydrogen) atoms. The Balaban J connectivity index is 1.42. The standard InChI is InChI=1S/C14H24F3N3/c15-14(16,17)10-20-6-4-19(5-7-20)9-13-12-3-1-2-11(12)8-18-13/h11-13,18H,1-10H2. The number of nitrogens with one attached hydrogen (secondary N) is 1. The van der Waals surface area contributed by atoms with Crippen molar-refractivity contribution in [2.24, 2.45) is 11.8 Å². The van der Waals surface area contributed by atoms with Crippen LogP contribution in [0.3, 0.4) is 0 Å². The van der Waals surface area contributed by atoms with Gasteiger partial charge in [-0.1, -0.05) is 6.42 Å². The summed E-state index contributed by atoms with van der Waals surface area (Å²) in [4.78, 5) is 3.86. The molecular weight excluding hydrogens is 267 g/mol. The summed E-state index contributed by atoms with van der Waals surface area (Å²) < 4.78 is 37.0. The lowest BCUT2D eigenvalue weighted by Crippen LogP contribution is -2.52. The molecule has 3 aliphatic rings.